The molecule has 1 N–H and O–H groups in total. The van der Waals surface area contributed by atoms with Gasteiger partial charge in [0.15, 0.2) is 5.25 Å². The van der Waals surface area contributed by atoms with Crippen molar-refractivity contribution in [2.45, 2.75) is 56.4 Å². The summed E-state index contributed by atoms with van der Waals surface area (Å²) in [4.78, 5) is 0. The van der Waals surface area contributed by atoms with Crippen molar-refractivity contribution in [3.63, 3.8) is 0 Å². The SMILES string of the molecule is CC(C#N)S(=O)(=O)N(CC1CCCCN1)C1CC1. The van der Waals surface area contributed by atoms with Crippen molar-refractivity contribution >= 4 is 10.0 Å². The van der Waals surface area contributed by atoms with E-state index in [1.165, 1.54) is 13.3 Å². The lowest BCUT2D eigenvalue weighted by Crippen LogP contribution is -2.48. The highest BCUT2D eigenvalue weighted by atomic mass is 32.2. The monoisotopic (exact) mass is 271 g/mol. The van der Waals surface area contributed by atoms with Crippen molar-refractivity contribution < 1.29 is 8.42 Å². The van der Waals surface area contributed by atoms with E-state index >= 15 is 0 Å². The summed E-state index contributed by atoms with van der Waals surface area (Å²) in [5, 5.41) is 11.3. The van der Waals surface area contributed by atoms with Crippen LogP contribution in [0.25, 0.3) is 0 Å². The van der Waals surface area contributed by atoms with E-state index in [1.807, 2.05) is 6.07 Å². The number of hydrogen-bond acceptors (Lipinski definition) is 4. The zero-order valence-corrected chi connectivity index (χ0v) is 11.6. The highest BCUT2D eigenvalue weighted by Crippen LogP contribution is 2.31. The minimum Gasteiger partial charge on any atom is -0.313 e. The van der Waals surface area contributed by atoms with Crippen LogP contribution in [-0.4, -0.2) is 43.1 Å². The second kappa shape index (κ2) is 5.55. The Morgan fingerprint density at radius 3 is 2.61 bits per heavy atom. The molecule has 2 fully saturated rings. The number of nitrogens with zero attached hydrogens (tertiary/aromatic N) is 2. The first kappa shape index (κ1) is 13.8. The molecule has 1 aliphatic carbocycles. The standard InChI is InChI=1S/C12H21N3O2S/c1-10(8-13)18(16,17)15(12-5-6-12)9-11-4-2-3-7-14-11/h10-12,14H,2-7,9H2,1H3. The van der Waals surface area contributed by atoms with Gasteiger partial charge in [-0.15, -0.1) is 0 Å². The molecule has 0 amide bonds. The van der Waals surface area contributed by atoms with Gasteiger partial charge in [0.1, 0.15) is 0 Å². The van der Waals surface area contributed by atoms with Crippen LogP contribution in [-0.2, 0) is 10.0 Å². The van der Waals surface area contributed by atoms with Crippen LogP contribution in [0.1, 0.15) is 39.0 Å². The molecular weight excluding hydrogens is 250 g/mol. The van der Waals surface area contributed by atoms with Crippen LogP contribution in [0.5, 0.6) is 0 Å². The lowest BCUT2D eigenvalue weighted by Gasteiger charge is -2.30. The number of nitrogens with one attached hydrogen (secondary N) is 1. The van der Waals surface area contributed by atoms with E-state index in [4.69, 9.17) is 5.26 Å². The van der Waals surface area contributed by atoms with E-state index in [-0.39, 0.29) is 12.1 Å². The molecule has 1 saturated heterocycles. The van der Waals surface area contributed by atoms with Gasteiger partial charge in [-0.1, -0.05) is 6.42 Å². The van der Waals surface area contributed by atoms with Gasteiger partial charge in [-0.3, -0.25) is 0 Å². The van der Waals surface area contributed by atoms with Gasteiger partial charge < -0.3 is 5.32 Å². The summed E-state index contributed by atoms with van der Waals surface area (Å²) in [7, 11) is -3.46. The molecule has 0 aromatic carbocycles. The first-order chi connectivity index (χ1) is 8.55. The van der Waals surface area contributed by atoms with Gasteiger partial charge in [0.2, 0.25) is 10.0 Å². The maximum atomic E-state index is 12.3. The van der Waals surface area contributed by atoms with Crippen molar-refractivity contribution in [1.29, 1.82) is 5.26 Å². The Labute approximate surface area is 109 Å². The summed E-state index contributed by atoms with van der Waals surface area (Å²) in [6.45, 7) is 2.97. The molecule has 1 saturated carbocycles. The molecular formula is C12H21N3O2S. The molecule has 18 heavy (non-hydrogen) atoms. The fourth-order valence-corrected chi connectivity index (χ4v) is 3.94. The molecule has 2 rings (SSSR count). The van der Waals surface area contributed by atoms with Gasteiger partial charge in [-0.2, -0.15) is 9.57 Å². The van der Waals surface area contributed by atoms with E-state index < -0.39 is 15.3 Å². The molecule has 102 valence electrons. The van der Waals surface area contributed by atoms with Crippen molar-refractivity contribution in [1.82, 2.24) is 9.62 Å². The van der Waals surface area contributed by atoms with Gasteiger partial charge in [0.25, 0.3) is 0 Å². The summed E-state index contributed by atoms with van der Waals surface area (Å²) in [5.74, 6) is 0. The molecule has 0 spiro atoms. The third kappa shape index (κ3) is 3.02. The van der Waals surface area contributed by atoms with Crippen LogP contribution in [0.4, 0.5) is 0 Å². The van der Waals surface area contributed by atoms with Crippen molar-refractivity contribution in [3.8, 4) is 6.07 Å². The largest absolute Gasteiger partial charge is 0.313 e. The predicted octanol–water partition coefficient (Wildman–Crippen LogP) is 0.835. The van der Waals surface area contributed by atoms with E-state index in [0.717, 1.165) is 32.2 Å². The Bertz CT molecular complexity index is 419. The Balaban J connectivity index is 2.06. The third-order valence-corrected chi connectivity index (χ3v) is 5.82. The Hall–Kier alpha value is -0.640. The minimum atomic E-state index is -3.46. The summed E-state index contributed by atoms with van der Waals surface area (Å²) in [5.41, 5.74) is 0. The summed E-state index contributed by atoms with van der Waals surface area (Å²) < 4.78 is 26.2. The molecule has 1 heterocycles. The molecule has 0 aromatic heterocycles. The predicted molar refractivity (Wildman–Crippen MR) is 69.4 cm³/mol. The molecule has 1 aliphatic heterocycles. The highest BCUT2D eigenvalue weighted by Gasteiger charge is 2.41. The normalized spacial score (nSPS) is 26.8. The van der Waals surface area contributed by atoms with E-state index in [9.17, 15) is 8.42 Å². The lowest BCUT2D eigenvalue weighted by atomic mass is 10.1. The van der Waals surface area contributed by atoms with E-state index in [1.54, 1.807) is 4.31 Å². The van der Waals surface area contributed by atoms with Crippen LogP contribution in [0.2, 0.25) is 0 Å². The zero-order valence-electron chi connectivity index (χ0n) is 10.8. The number of hydrogen-bond donors (Lipinski definition) is 1. The molecule has 5 nitrogen and oxygen atoms in total. The molecule has 2 aliphatic rings. The quantitative estimate of drug-likeness (QED) is 0.804. The van der Waals surface area contributed by atoms with E-state index in [0.29, 0.717) is 6.54 Å². The topological polar surface area (TPSA) is 73.2 Å². The lowest BCUT2D eigenvalue weighted by molar-refractivity contribution is 0.307. The third-order valence-electron chi connectivity index (χ3n) is 3.72. The fraction of sp³-hybridized carbons (Fsp3) is 0.917. The van der Waals surface area contributed by atoms with E-state index in [2.05, 4.69) is 5.32 Å². The van der Waals surface area contributed by atoms with Crippen molar-refractivity contribution in [3.05, 3.63) is 0 Å². The maximum absolute atomic E-state index is 12.3. The summed E-state index contributed by atoms with van der Waals surface area (Å²) in [6, 6.07) is 2.24. The van der Waals surface area contributed by atoms with Crippen LogP contribution >= 0.6 is 0 Å². The fourth-order valence-electron chi connectivity index (χ4n) is 2.39. The van der Waals surface area contributed by atoms with Crippen molar-refractivity contribution in [2.24, 2.45) is 0 Å². The second-order valence-electron chi connectivity index (χ2n) is 5.26. The van der Waals surface area contributed by atoms with Crippen molar-refractivity contribution in [2.75, 3.05) is 13.1 Å². The summed E-state index contributed by atoms with van der Waals surface area (Å²) in [6.07, 6.45) is 5.22. The molecule has 0 bridgehead atoms. The van der Waals surface area contributed by atoms with Crippen LogP contribution in [0, 0.1) is 11.3 Å². The molecule has 0 aromatic rings. The number of sulfonamides is 1. The number of rotatable bonds is 5. The molecule has 2 unspecified atom stereocenters. The van der Waals surface area contributed by atoms with Crippen LogP contribution < -0.4 is 5.32 Å². The number of piperidine rings is 1. The van der Waals surface area contributed by atoms with Gasteiger partial charge in [0.05, 0.1) is 6.07 Å². The maximum Gasteiger partial charge on any atom is 0.230 e. The summed E-state index contributed by atoms with van der Waals surface area (Å²) >= 11 is 0. The molecule has 6 heteroatoms. The second-order valence-corrected chi connectivity index (χ2v) is 7.47. The van der Waals surface area contributed by atoms with Gasteiger partial charge in [-0.25, -0.2) is 8.42 Å². The smallest absolute Gasteiger partial charge is 0.230 e. The van der Waals surface area contributed by atoms with Gasteiger partial charge >= 0.3 is 0 Å². The van der Waals surface area contributed by atoms with Gasteiger partial charge in [0, 0.05) is 18.6 Å². The average Bonchev–Trinajstić information content (AvgIpc) is 3.20. The highest BCUT2D eigenvalue weighted by molar-refractivity contribution is 7.90. The Morgan fingerprint density at radius 1 is 1.39 bits per heavy atom. The molecule has 0 radical (unpaired) electrons. The first-order valence-corrected chi connectivity index (χ1v) is 8.19. The van der Waals surface area contributed by atoms with Crippen LogP contribution in [0.15, 0.2) is 0 Å². The Morgan fingerprint density at radius 2 is 2.11 bits per heavy atom. The minimum absolute atomic E-state index is 0.134. The van der Waals surface area contributed by atoms with Gasteiger partial charge in [-0.05, 0) is 39.2 Å². The number of nitriles is 1. The Kier molecular flexibility index (Phi) is 4.25. The average molecular weight is 271 g/mol. The first-order valence-electron chi connectivity index (χ1n) is 6.69. The van der Waals surface area contributed by atoms with Crippen LogP contribution in [0.3, 0.4) is 0 Å². The molecule has 2 atom stereocenters. The zero-order chi connectivity index (χ0) is 13.2.